The molecule has 28 heavy (non-hydrogen) atoms. The second kappa shape index (κ2) is 6.91. The zero-order chi connectivity index (χ0) is 19.1. The molecule has 5 aromatic rings. The molecule has 0 atom stereocenters. The maximum atomic E-state index is 9.81. The van der Waals surface area contributed by atoms with Crippen molar-refractivity contribution in [3.63, 3.8) is 0 Å². The first-order chi connectivity index (χ1) is 13.7. The van der Waals surface area contributed by atoms with E-state index in [4.69, 9.17) is 0 Å². The standard InChI is InChI=1S/C24H17BO2S/c26-25(27)21-10-5-11-23-24(21)20-15-19(12-13-22(20)28-23)18-9-4-8-17(14-18)16-6-2-1-3-7-16/h1-15,26-27H. The Morgan fingerprint density at radius 3 is 2.04 bits per heavy atom. The molecule has 2 nitrogen and oxygen atoms in total. The van der Waals surface area contributed by atoms with Gasteiger partial charge in [0.1, 0.15) is 0 Å². The molecule has 0 saturated carbocycles. The van der Waals surface area contributed by atoms with E-state index < -0.39 is 7.12 Å². The summed E-state index contributed by atoms with van der Waals surface area (Å²) in [6, 6.07) is 31.0. The first-order valence-corrected chi connectivity index (χ1v) is 9.99. The topological polar surface area (TPSA) is 40.5 Å². The van der Waals surface area contributed by atoms with Gasteiger partial charge in [-0.05, 0) is 52.0 Å². The zero-order valence-corrected chi connectivity index (χ0v) is 15.9. The maximum absolute atomic E-state index is 9.81. The molecule has 134 valence electrons. The van der Waals surface area contributed by atoms with Crippen molar-refractivity contribution in [1.82, 2.24) is 0 Å². The lowest BCUT2D eigenvalue weighted by Crippen LogP contribution is -2.30. The lowest BCUT2D eigenvalue weighted by atomic mass is 9.77. The summed E-state index contributed by atoms with van der Waals surface area (Å²) in [5, 5.41) is 21.6. The highest BCUT2D eigenvalue weighted by Crippen LogP contribution is 2.36. The lowest BCUT2D eigenvalue weighted by molar-refractivity contribution is 0.426. The molecule has 0 aliphatic heterocycles. The molecule has 4 aromatic carbocycles. The van der Waals surface area contributed by atoms with E-state index in [-0.39, 0.29) is 0 Å². The van der Waals surface area contributed by atoms with Gasteiger partial charge >= 0.3 is 7.12 Å². The molecule has 0 radical (unpaired) electrons. The van der Waals surface area contributed by atoms with Crippen LogP contribution in [0.5, 0.6) is 0 Å². The zero-order valence-electron chi connectivity index (χ0n) is 15.0. The molecule has 2 N–H and O–H groups in total. The van der Waals surface area contributed by atoms with E-state index in [1.165, 1.54) is 11.1 Å². The van der Waals surface area contributed by atoms with Crippen LogP contribution in [0, 0.1) is 0 Å². The SMILES string of the molecule is OB(O)c1cccc2sc3ccc(-c4cccc(-c5ccccc5)c4)cc3c12. The van der Waals surface area contributed by atoms with Crippen LogP contribution >= 0.6 is 11.3 Å². The van der Waals surface area contributed by atoms with Crippen LogP contribution < -0.4 is 5.46 Å². The van der Waals surface area contributed by atoms with Crippen molar-refractivity contribution in [2.45, 2.75) is 0 Å². The van der Waals surface area contributed by atoms with Crippen LogP contribution in [0.3, 0.4) is 0 Å². The highest BCUT2D eigenvalue weighted by Gasteiger charge is 2.18. The average Bonchev–Trinajstić information content (AvgIpc) is 3.12. The van der Waals surface area contributed by atoms with Crippen molar-refractivity contribution in [1.29, 1.82) is 0 Å². The van der Waals surface area contributed by atoms with Crippen molar-refractivity contribution < 1.29 is 10.0 Å². The van der Waals surface area contributed by atoms with Crippen LogP contribution in [-0.2, 0) is 0 Å². The van der Waals surface area contributed by atoms with E-state index in [0.717, 1.165) is 31.3 Å². The Balaban J connectivity index is 1.69. The van der Waals surface area contributed by atoms with E-state index in [0.29, 0.717) is 5.46 Å². The molecule has 0 unspecified atom stereocenters. The molecular formula is C24H17BO2S. The first-order valence-electron chi connectivity index (χ1n) is 9.18. The van der Waals surface area contributed by atoms with E-state index in [2.05, 4.69) is 54.6 Å². The summed E-state index contributed by atoms with van der Waals surface area (Å²) in [6.45, 7) is 0. The fraction of sp³-hybridized carbons (Fsp3) is 0. The van der Waals surface area contributed by atoms with Gasteiger partial charge in [0.2, 0.25) is 0 Å². The minimum Gasteiger partial charge on any atom is -0.423 e. The maximum Gasteiger partial charge on any atom is 0.489 e. The summed E-state index contributed by atoms with van der Waals surface area (Å²) < 4.78 is 2.21. The minimum atomic E-state index is -1.48. The number of rotatable bonds is 3. The van der Waals surface area contributed by atoms with Crippen LogP contribution in [0.2, 0.25) is 0 Å². The molecule has 0 amide bonds. The van der Waals surface area contributed by atoms with E-state index >= 15 is 0 Å². The van der Waals surface area contributed by atoms with Crippen LogP contribution in [0.15, 0.2) is 91.0 Å². The molecule has 0 bridgehead atoms. The minimum absolute atomic E-state index is 0.555. The van der Waals surface area contributed by atoms with Gasteiger partial charge in [0.05, 0.1) is 0 Å². The molecule has 1 aromatic heterocycles. The largest absolute Gasteiger partial charge is 0.489 e. The first kappa shape index (κ1) is 17.2. The number of hydrogen-bond acceptors (Lipinski definition) is 3. The smallest absolute Gasteiger partial charge is 0.423 e. The quantitative estimate of drug-likeness (QED) is 0.429. The van der Waals surface area contributed by atoms with Crippen LogP contribution in [0.4, 0.5) is 0 Å². The number of hydrogen-bond donors (Lipinski definition) is 2. The van der Waals surface area contributed by atoms with Gasteiger partial charge in [-0.3, -0.25) is 0 Å². The fourth-order valence-electron chi connectivity index (χ4n) is 3.76. The summed E-state index contributed by atoms with van der Waals surface area (Å²) in [5.41, 5.74) is 5.19. The Labute approximate surface area is 167 Å². The number of fused-ring (bicyclic) bond motifs is 3. The number of benzene rings is 4. The van der Waals surface area contributed by atoms with Gasteiger partial charge in [0, 0.05) is 20.2 Å². The van der Waals surface area contributed by atoms with Crippen LogP contribution in [0.25, 0.3) is 42.4 Å². The lowest BCUT2D eigenvalue weighted by Gasteiger charge is -2.07. The van der Waals surface area contributed by atoms with Crippen molar-refractivity contribution in [3.05, 3.63) is 91.0 Å². The van der Waals surface area contributed by atoms with E-state index in [1.54, 1.807) is 17.4 Å². The fourth-order valence-corrected chi connectivity index (χ4v) is 4.88. The third-order valence-corrected chi connectivity index (χ3v) is 6.24. The Bertz CT molecular complexity index is 1290. The van der Waals surface area contributed by atoms with Crippen LogP contribution in [-0.4, -0.2) is 17.2 Å². The normalized spacial score (nSPS) is 11.2. The van der Waals surface area contributed by atoms with Crippen LogP contribution in [0.1, 0.15) is 0 Å². The van der Waals surface area contributed by atoms with Gasteiger partial charge in [-0.25, -0.2) is 0 Å². The molecule has 0 fully saturated rings. The highest BCUT2D eigenvalue weighted by atomic mass is 32.1. The molecule has 0 spiro atoms. The third kappa shape index (κ3) is 2.92. The summed E-state index contributed by atoms with van der Waals surface area (Å²) in [5.74, 6) is 0. The van der Waals surface area contributed by atoms with Gasteiger partial charge in [0.15, 0.2) is 0 Å². The van der Waals surface area contributed by atoms with Gasteiger partial charge in [-0.15, -0.1) is 11.3 Å². The molecule has 0 aliphatic carbocycles. The van der Waals surface area contributed by atoms with Gasteiger partial charge < -0.3 is 10.0 Å². The number of thiophene rings is 1. The average molecular weight is 380 g/mol. The molecule has 5 rings (SSSR count). The van der Waals surface area contributed by atoms with E-state index in [9.17, 15) is 10.0 Å². The van der Waals surface area contributed by atoms with Gasteiger partial charge in [-0.1, -0.05) is 66.7 Å². The summed E-state index contributed by atoms with van der Waals surface area (Å²) in [7, 11) is -1.48. The predicted molar refractivity (Wildman–Crippen MR) is 120 cm³/mol. The van der Waals surface area contributed by atoms with Crippen molar-refractivity contribution >= 4 is 44.1 Å². The van der Waals surface area contributed by atoms with Gasteiger partial charge in [0.25, 0.3) is 0 Å². The Morgan fingerprint density at radius 1 is 0.571 bits per heavy atom. The van der Waals surface area contributed by atoms with E-state index in [1.807, 2.05) is 30.3 Å². The Kier molecular flexibility index (Phi) is 4.25. The molecule has 4 heteroatoms. The second-order valence-electron chi connectivity index (χ2n) is 6.85. The third-order valence-electron chi connectivity index (χ3n) is 5.11. The van der Waals surface area contributed by atoms with Gasteiger partial charge in [-0.2, -0.15) is 0 Å². The highest BCUT2D eigenvalue weighted by molar-refractivity contribution is 7.26. The van der Waals surface area contributed by atoms with Crippen molar-refractivity contribution in [3.8, 4) is 22.3 Å². The second-order valence-corrected chi connectivity index (χ2v) is 7.94. The predicted octanol–water partition coefficient (Wildman–Crippen LogP) is 5.07. The Hall–Kier alpha value is -2.92. The van der Waals surface area contributed by atoms with Crippen molar-refractivity contribution in [2.24, 2.45) is 0 Å². The summed E-state index contributed by atoms with van der Waals surface area (Å²) in [6.07, 6.45) is 0. The monoisotopic (exact) mass is 380 g/mol. The summed E-state index contributed by atoms with van der Waals surface area (Å²) in [4.78, 5) is 0. The summed E-state index contributed by atoms with van der Waals surface area (Å²) >= 11 is 1.67. The molecule has 1 heterocycles. The molecule has 0 saturated heterocycles. The van der Waals surface area contributed by atoms with Crippen molar-refractivity contribution in [2.75, 3.05) is 0 Å². The molecule has 0 aliphatic rings. The molecular weight excluding hydrogens is 363 g/mol. The Morgan fingerprint density at radius 2 is 1.25 bits per heavy atom.